The van der Waals surface area contributed by atoms with E-state index in [1.165, 1.54) is 5.39 Å². The second kappa shape index (κ2) is 7.15. The topological polar surface area (TPSA) is 64.3 Å². The first-order valence-electron chi connectivity index (χ1n) is 9.39. The van der Waals surface area contributed by atoms with Crippen molar-refractivity contribution in [3.8, 4) is 22.6 Å². The molecule has 0 fully saturated rings. The smallest absolute Gasteiger partial charge is 0.137 e. The van der Waals surface area contributed by atoms with Crippen LogP contribution >= 0.6 is 0 Å². The van der Waals surface area contributed by atoms with Crippen molar-refractivity contribution in [2.45, 2.75) is 19.5 Å². The van der Waals surface area contributed by atoms with Gasteiger partial charge in [-0.15, -0.1) is 0 Å². The first-order chi connectivity index (χ1) is 13.9. The van der Waals surface area contributed by atoms with E-state index in [-0.39, 0.29) is 0 Å². The van der Waals surface area contributed by atoms with E-state index >= 15 is 0 Å². The minimum Gasteiger partial charge on any atom is -0.353 e. The highest BCUT2D eigenvalue weighted by atomic mass is 15.3. The number of aryl methyl sites for hydroxylation is 2. The molecule has 5 rings (SSSR count). The standard InChI is InChI=1S/C22H20N6/c1-2-7-17(8-3-1)21-22(20-13-18-9-4-5-10-19(18)26-20)27(16-24-21)11-6-12-28-15-23-14-25-28/h1-5,7-10,13-16,26H,6,11-12H2. The summed E-state index contributed by atoms with van der Waals surface area (Å²) in [5, 5.41) is 5.38. The van der Waals surface area contributed by atoms with E-state index in [9.17, 15) is 0 Å². The average molecular weight is 368 g/mol. The van der Waals surface area contributed by atoms with E-state index in [0.29, 0.717) is 0 Å². The number of rotatable bonds is 6. The molecule has 6 nitrogen and oxygen atoms in total. The van der Waals surface area contributed by atoms with Crippen LogP contribution in [0.2, 0.25) is 0 Å². The number of fused-ring (bicyclic) bond motifs is 1. The second-order valence-corrected chi connectivity index (χ2v) is 6.78. The van der Waals surface area contributed by atoms with Gasteiger partial charge in [-0.2, -0.15) is 5.10 Å². The third kappa shape index (κ3) is 3.09. The molecule has 0 spiro atoms. The van der Waals surface area contributed by atoms with Gasteiger partial charge in [0.2, 0.25) is 0 Å². The predicted octanol–water partition coefficient (Wildman–Crippen LogP) is 4.38. The lowest BCUT2D eigenvalue weighted by Crippen LogP contribution is -2.05. The Labute approximate surface area is 162 Å². The van der Waals surface area contributed by atoms with Crippen LogP contribution in [0.3, 0.4) is 0 Å². The first-order valence-corrected chi connectivity index (χ1v) is 9.39. The monoisotopic (exact) mass is 368 g/mol. The maximum absolute atomic E-state index is 4.76. The molecule has 1 N–H and O–H groups in total. The summed E-state index contributed by atoms with van der Waals surface area (Å²) in [4.78, 5) is 12.3. The maximum atomic E-state index is 4.76. The van der Waals surface area contributed by atoms with Crippen LogP contribution in [0.25, 0.3) is 33.5 Å². The molecule has 0 atom stereocenters. The highest BCUT2D eigenvalue weighted by molar-refractivity contribution is 5.88. The van der Waals surface area contributed by atoms with Crippen molar-refractivity contribution in [1.82, 2.24) is 29.3 Å². The Morgan fingerprint density at radius 3 is 2.57 bits per heavy atom. The normalized spacial score (nSPS) is 11.3. The molecule has 2 aromatic carbocycles. The van der Waals surface area contributed by atoms with Crippen LogP contribution in [0.5, 0.6) is 0 Å². The fraction of sp³-hybridized carbons (Fsp3) is 0.136. The van der Waals surface area contributed by atoms with E-state index in [4.69, 9.17) is 4.98 Å². The van der Waals surface area contributed by atoms with Crippen molar-refractivity contribution in [2.75, 3.05) is 0 Å². The molecule has 5 aromatic rings. The number of hydrogen-bond acceptors (Lipinski definition) is 3. The van der Waals surface area contributed by atoms with Crippen molar-refractivity contribution in [1.29, 1.82) is 0 Å². The van der Waals surface area contributed by atoms with Crippen molar-refractivity contribution in [2.24, 2.45) is 0 Å². The summed E-state index contributed by atoms with van der Waals surface area (Å²) in [5.41, 5.74) is 5.44. The minimum atomic E-state index is 0.824. The molecule has 6 heteroatoms. The van der Waals surface area contributed by atoms with Crippen LogP contribution in [0.4, 0.5) is 0 Å². The number of imidazole rings is 1. The fourth-order valence-electron chi connectivity index (χ4n) is 3.59. The summed E-state index contributed by atoms with van der Waals surface area (Å²) >= 11 is 0. The number of nitrogens with zero attached hydrogens (tertiary/aromatic N) is 5. The third-order valence-corrected chi connectivity index (χ3v) is 4.92. The Balaban J connectivity index is 1.54. The van der Waals surface area contributed by atoms with Crippen LogP contribution in [0.15, 0.2) is 79.6 Å². The van der Waals surface area contributed by atoms with Crippen molar-refractivity contribution in [3.05, 3.63) is 79.6 Å². The van der Waals surface area contributed by atoms with Crippen LogP contribution < -0.4 is 0 Å². The average Bonchev–Trinajstić information content (AvgIpc) is 3.48. The summed E-state index contributed by atoms with van der Waals surface area (Å²) in [6.45, 7) is 1.68. The van der Waals surface area contributed by atoms with Crippen molar-refractivity contribution < 1.29 is 0 Å². The summed E-state index contributed by atoms with van der Waals surface area (Å²) < 4.78 is 4.08. The van der Waals surface area contributed by atoms with Crippen LogP contribution in [-0.2, 0) is 13.1 Å². The van der Waals surface area contributed by atoms with Gasteiger partial charge in [-0.3, -0.25) is 4.68 Å². The highest BCUT2D eigenvalue weighted by Crippen LogP contribution is 2.32. The molecular weight excluding hydrogens is 348 g/mol. The zero-order valence-corrected chi connectivity index (χ0v) is 15.4. The van der Waals surface area contributed by atoms with Crippen LogP contribution in [0.1, 0.15) is 6.42 Å². The van der Waals surface area contributed by atoms with E-state index < -0.39 is 0 Å². The number of H-pyrrole nitrogens is 1. The zero-order chi connectivity index (χ0) is 18.8. The molecule has 28 heavy (non-hydrogen) atoms. The molecule has 3 heterocycles. The molecule has 3 aromatic heterocycles. The molecule has 0 aliphatic heterocycles. The Morgan fingerprint density at radius 1 is 0.893 bits per heavy atom. The van der Waals surface area contributed by atoms with Crippen LogP contribution in [-0.4, -0.2) is 29.3 Å². The Morgan fingerprint density at radius 2 is 1.75 bits per heavy atom. The molecule has 0 unspecified atom stereocenters. The number of aromatic nitrogens is 6. The van der Waals surface area contributed by atoms with Gasteiger partial charge in [-0.1, -0.05) is 48.5 Å². The molecule has 0 saturated carbocycles. The molecule has 0 saturated heterocycles. The number of aromatic amines is 1. The van der Waals surface area contributed by atoms with E-state index in [1.807, 2.05) is 29.2 Å². The van der Waals surface area contributed by atoms with Gasteiger partial charge < -0.3 is 9.55 Å². The van der Waals surface area contributed by atoms with Gasteiger partial charge in [0.15, 0.2) is 0 Å². The van der Waals surface area contributed by atoms with E-state index in [2.05, 4.69) is 62.1 Å². The quantitative estimate of drug-likeness (QED) is 0.484. The predicted molar refractivity (Wildman–Crippen MR) is 110 cm³/mol. The van der Waals surface area contributed by atoms with E-state index in [0.717, 1.165) is 47.7 Å². The Bertz CT molecular complexity index is 1150. The maximum Gasteiger partial charge on any atom is 0.137 e. The molecule has 0 amide bonds. The minimum absolute atomic E-state index is 0.824. The molecular formula is C22H20N6. The molecule has 0 aliphatic rings. The number of hydrogen-bond donors (Lipinski definition) is 1. The fourth-order valence-corrected chi connectivity index (χ4v) is 3.59. The zero-order valence-electron chi connectivity index (χ0n) is 15.4. The molecule has 0 bridgehead atoms. The van der Waals surface area contributed by atoms with Gasteiger partial charge in [0, 0.05) is 29.6 Å². The molecule has 0 aliphatic carbocycles. The number of para-hydroxylation sites is 1. The van der Waals surface area contributed by atoms with Gasteiger partial charge >= 0.3 is 0 Å². The van der Waals surface area contributed by atoms with Crippen molar-refractivity contribution >= 4 is 10.9 Å². The first kappa shape index (κ1) is 16.5. The van der Waals surface area contributed by atoms with Gasteiger partial charge in [0.1, 0.15) is 12.7 Å². The summed E-state index contributed by atoms with van der Waals surface area (Å²) in [6.07, 6.45) is 6.20. The van der Waals surface area contributed by atoms with Gasteiger partial charge in [-0.25, -0.2) is 9.97 Å². The SMILES string of the molecule is c1ccc(-c2ncn(CCCn3cncn3)c2-c2cc3ccccc3[nH]2)cc1. The van der Waals surface area contributed by atoms with Crippen molar-refractivity contribution in [3.63, 3.8) is 0 Å². The van der Waals surface area contributed by atoms with Gasteiger partial charge in [0.05, 0.1) is 23.4 Å². The van der Waals surface area contributed by atoms with Gasteiger partial charge in [-0.05, 0) is 18.6 Å². The largest absolute Gasteiger partial charge is 0.353 e. The summed E-state index contributed by atoms with van der Waals surface area (Å²) in [5.74, 6) is 0. The Hall–Kier alpha value is -3.67. The summed E-state index contributed by atoms with van der Waals surface area (Å²) in [7, 11) is 0. The molecule has 138 valence electrons. The number of benzene rings is 2. The highest BCUT2D eigenvalue weighted by Gasteiger charge is 2.16. The van der Waals surface area contributed by atoms with Crippen LogP contribution in [0, 0.1) is 0 Å². The Kier molecular flexibility index (Phi) is 4.21. The lowest BCUT2D eigenvalue weighted by atomic mass is 10.1. The van der Waals surface area contributed by atoms with Gasteiger partial charge in [0.25, 0.3) is 0 Å². The summed E-state index contributed by atoms with van der Waals surface area (Å²) in [6, 6.07) is 20.9. The third-order valence-electron chi connectivity index (χ3n) is 4.92. The van der Waals surface area contributed by atoms with E-state index in [1.54, 1.807) is 12.7 Å². The lowest BCUT2D eigenvalue weighted by molar-refractivity contribution is 0.527. The second-order valence-electron chi connectivity index (χ2n) is 6.78. The number of nitrogens with one attached hydrogen (secondary N) is 1. The lowest BCUT2D eigenvalue weighted by Gasteiger charge is -2.09. The molecule has 0 radical (unpaired) electrons.